The van der Waals surface area contributed by atoms with E-state index in [1.807, 2.05) is 62.4 Å². The van der Waals surface area contributed by atoms with Crippen LogP contribution in [0.5, 0.6) is 0 Å². The van der Waals surface area contributed by atoms with Gasteiger partial charge in [-0.25, -0.2) is 0 Å². The summed E-state index contributed by atoms with van der Waals surface area (Å²) in [6.45, 7) is 4.01. The number of amides is 1. The average Bonchev–Trinajstić information content (AvgIpc) is 3.04. The average molecular weight is 321 g/mol. The van der Waals surface area contributed by atoms with Crippen LogP contribution in [0, 0.1) is 13.8 Å². The Kier molecular flexibility index (Phi) is 4.70. The number of rotatable bonds is 5. The Morgan fingerprint density at radius 3 is 2.58 bits per heavy atom. The van der Waals surface area contributed by atoms with Crippen LogP contribution in [0.1, 0.15) is 23.4 Å². The molecule has 122 valence electrons. The number of anilines is 1. The summed E-state index contributed by atoms with van der Waals surface area (Å²) in [6.07, 6.45) is 0.708. The molecule has 0 aliphatic heterocycles. The molecule has 0 atom stereocenters. The summed E-state index contributed by atoms with van der Waals surface area (Å²) in [7, 11) is 0. The molecule has 1 N–H and O–H groups in total. The summed E-state index contributed by atoms with van der Waals surface area (Å²) >= 11 is 0. The van der Waals surface area contributed by atoms with Crippen LogP contribution in [0.25, 0.3) is 11.4 Å². The maximum Gasteiger partial charge on any atom is 0.227 e. The molecule has 0 saturated heterocycles. The Balaban J connectivity index is 1.58. The zero-order chi connectivity index (χ0) is 16.9. The van der Waals surface area contributed by atoms with Crippen molar-refractivity contribution in [1.29, 1.82) is 0 Å². The molecule has 5 nitrogen and oxygen atoms in total. The predicted molar refractivity (Wildman–Crippen MR) is 92.6 cm³/mol. The minimum absolute atomic E-state index is 0.0745. The highest BCUT2D eigenvalue weighted by molar-refractivity contribution is 5.90. The van der Waals surface area contributed by atoms with Gasteiger partial charge in [0, 0.05) is 24.1 Å². The van der Waals surface area contributed by atoms with Gasteiger partial charge < -0.3 is 9.84 Å². The minimum Gasteiger partial charge on any atom is -0.339 e. The monoisotopic (exact) mass is 321 g/mol. The van der Waals surface area contributed by atoms with E-state index in [0.29, 0.717) is 24.6 Å². The maximum absolute atomic E-state index is 12.0. The fraction of sp³-hybridized carbons (Fsp3) is 0.211. The predicted octanol–water partition coefficient (Wildman–Crippen LogP) is 3.92. The normalized spacial score (nSPS) is 10.6. The fourth-order valence-corrected chi connectivity index (χ4v) is 2.37. The van der Waals surface area contributed by atoms with Gasteiger partial charge in [-0.15, -0.1) is 0 Å². The molecule has 0 aliphatic rings. The van der Waals surface area contributed by atoms with Crippen molar-refractivity contribution in [3.8, 4) is 11.4 Å². The number of hydrogen-bond acceptors (Lipinski definition) is 4. The minimum atomic E-state index is -0.0745. The van der Waals surface area contributed by atoms with Crippen molar-refractivity contribution in [2.24, 2.45) is 0 Å². The van der Waals surface area contributed by atoms with Gasteiger partial charge in [-0.3, -0.25) is 4.79 Å². The summed E-state index contributed by atoms with van der Waals surface area (Å²) in [5.41, 5.74) is 3.97. The first kappa shape index (κ1) is 15.9. The van der Waals surface area contributed by atoms with Crippen molar-refractivity contribution in [1.82, 2.24) is 10.1 Å². The number of hydrogen-bond donors (Lipinski definition) is 1. The van der Waals surface area contributed by atoms with Crippen LogP contribution >= 0.6 is 0 Å². The molecule has 24 heavy (non-hydrogen) atoms. The van der Waals surface area contributed by atoms with Gasteiger partial charge in [0.05, 0.1) is 0 Å². The molecule has 2 aromatic carbocycles. The zero-order valence-electron chi connectivity index (χ0n) is 13.7. The molecule has 0 spiro atoms. The van der Waals surface area contributed by atoms with Crippen LogP contribution in [-0.4, -0.2) is 16.0 Å². The number of benzene rings is 2. The van der Waals surface area contributed by atoms with E-state index in [0.717, 1.165) is 22.4 Å². The standard InChI is InChI=1S/C19H19N3O2/c1-13-7-9-15(10-8-13)20-17(23)11-12-18-21-19(22-24-18)16-6-4-3-5-14(16)2/h3-10H,11-12H2,1-2H3,(H,20,23). The summed E-state index contributed by atoms with van der Waals surface area (Å²) in [5.74, 6) is 0.948. The lowest BCUT2D eigenvalue weighted by Gasteiger charge is -2.04. The second kappa shape index (κ2) is 7.08. The Hall–Kier alpha value is -2.95. The van der Waals surface area contributed by atoms with Crippen LogP contribution in [-0.2, 0) is 11.2 Å². The van der Waals surface area contributed by atoms with E-state index >= 15 is 0 Å². The Morgan fingerprint density at radius 1 is 1.08 bits per heavy atom. The topological polar surface area (TPSA) is 68.0 Å². The third kappa shape index (κ3) is 3.87. The van der Waals surface area contributed by atoms with Gasteiger partial charge in [0.1, 0.15) is 0 Å². The lowest BCUT2D eigenvalue weighted by Crippen LogP contribution is -2.12. The molecule has 0 aliphatic carbocycles. The largest absolute Gasteiger partial charge is 0.339 e. The molecule has 0 unspecified atom stereocenters. The molecule has 0 bridgehead atoms. The molecule has 5 heteroatoms. The van der Waals surface area contributed by atoms with Crippen molar-refractivity contribution in [3.05, 3.63) is 65.5 Å². The smallest absolute Gasteiger partial charge is 0.227 e. The van der Waals surface area contributed by atoms with E-state index < -0.39 is 0 Å². The Morgan fingerprint density at radius 2 is 1.83 bits per heavy atom. The van der Waals surface area contributed by atoms with Crippen molar-refractivity contribution in [2.45, 2.75) is 26.7 Å². The van der Waals surface area contributed by atoms with Crippen LogP contribution in [0.3, 0.4) is 0 Å². The number of nitrogens with one attached hydrogen (secondary N) is 1. The lowest BCUT2D eigenvalue weighted by atomic mass is 10.1. The lowest BCUT2D eigenvalue weighted by molar-refractivity contribution is -0.116. The fourth-order valence-electron chi connectivity index (χ4n) is 2.37. The van der Waals surface area contributed by atoms with Crippen LogP contribution in [0.15, 0.2) is 53.1 Å². The Bertz CT molecular complexity index is 838. The second-order valence-electron chi connectivity index (χ2n) is 5.74. The summed E-state index contributed by atoms with van der Waals surface area (Å²) in [4.78, 5) is 16.4. The van der Waals surface area contributed by atoms with Gasteiger partial charge >= 0.3 is 0 Å². The third-order valence-electron chi connectivity index (χ3n) is 3.76. The molecule has 3 rings (SSSR count). The van der Waals surface area contributed by atoms with Gasteiger partial charge in [0.2, 0.25) is 17.6 Å². The van der Waals surface area contributed by atoms with Crippen molar-refractivity contribution in [2.75, 3.05) is 5.32 Å². The van der Waals surface area contributed by atoms with E-state index in [-0.39, 0.29) is 5.91 Å². The van der Waals surface area contributed by atoms with E-state index in [1.54, 1.807) is 0 Å². The van der Waals surface area contributed by atoms with Gasteiger partial charge in [-0.1, -0.05) is 47.1 Å². The summed E-state index contributed by atoms with van der Waals surface area (Å²) in [6, 6.07) is 15.5. The van der Waals surface area contributed by atoms with Gasteiger partial charge in [-0.2, -0.15) is 4.98 Å². The van der Waals surface area contributed by atoms with Gasteiger partial charge in [0.15, 0.2) is 0 Å². The summed E-state index contributed by atoms with van der Waals surface area (Å²) in [5, 5.41) is 6.86. The van der Waals surface area contributed by atoms with Crippen LogP contribution in [0.4, 0.5) is 5.69 Å². The molecule has 1 amide bonds. The molecular weight excluding hydrogens is 302 g/mol. The molecule has 1 heterocycles. The quantitative estimate of drug-likeness (QED) is 0.773. The molecule has 0 radical (unpaired) electrons. The Labute approximate surface area is 140 Å². The summed E-state index contributed by atoms with van der Waals surface area (Å²) < 4.78 is 5.25. The highest BCUT2D eigenvalue weighted by atomic mass is 16.5. The number of aromatic nitrogens is 2. The number of aryl methyl sites for hydroxylation is 3. The van der Waals surface area contributed by atoms with Gasteiger partial charge in [-0.05, 0) is 31.5 Å². The molecule has 0 saturated carbocycles. The highest BCUT2D eigenvalue weighted by Gasteiger charge is 2.12. The SMILES string of the molecule is Cc1ccc(NC(=O)CCc2nc(-c3ccccc3C)no2)cc1. The van der Waals surface area contributed by atoms with E-state index in [1.165, 1.54) is 0 Å². The first-order chi connectivity index (χ1) is 11.6. The molecule has 3 aromatic rings. The zero-order valence-corrected chi connectivity index (χ0v) is 13.7. The first-order valence-corrected chi connectivity index (χ1v) is 7.87. The van der Waals surface area contributed by atoms with E-state index in [2.05, 4.69) is 15.5 Å². The number of nitrogens with zero attached hydrogens (tertiary/aromatic N) is 2. The molecular formula is C19H19N3O2. The van der Waals surface area contributed by atoms with Crippen molar-refractivity contribution < 1.29 is 9.32 Å². The van der Waals surface area contributed by atoms with Crippen LogP contribution < -0.4 is 5.32 Å². The molecule has 0 fully saturated rings. The van der Waals surface area contributed by atoms with Crippen LogP contribution in [0.2, 0.25) is 0 Å². The maximum atomic E-state index is 12.0. The van der Waals surface area contributed by atoms with E-state index in [4.69, 9.17) is 4.52 Å². The van der Waals surface area contributed by atoms with Crippen molar-refractivity contribution in [3.63, 3.8) is 0 Å². The van der Waals surface area contributed by atoms with Gasteiger partial charge in [0.25, 0.3) is 0 Å². The molecule has 1 aromatic heterocycles. The first-order valence-electron chi connectivity index (χ1n) is 7.87. The van der Waals surface area contributed by atoms with Crippen molar-refractivity contribution >= 4 is 11.6 Å². The highest BCUT2D eigenvalue weighted by Crippen LogP contribution is 2.20. The third-order valence-corrected chi connectivity index (χ3v) is 3.76. The number of carbonyl (C=O) groups is 1. The van der Waals surface area contributed by atoms with E-state index in [9.17, 15) is 4.79 Å². The second-order valence-corrected chi connectivity index (χ2v) is 5.74. The number of carbonyl (C=O) groups excluding carboxylic acids is 1.